The van der Waals surface area contributed by atoms with Gasteiger partial charge in [-0.2, -0.15) is 5.26 Å². The van der Waals surface area contributed by atoms with Crippen LogP contribution in [0.25, 0.3) is 6.08 Å². The lowest BCUT2D eigenvalue weighted by Crippen LogP contribution is -2.35. The van der Waals surface area contributed by atoms with E-state index in [9.17, 15) is 14.4 Å². The van der Waals surface area contributed by atoms with Gasteiger partial charge in [0.2, 0.25) is 0 Å². The number of hydrogen-bond donors (Lipinski definition) is 2. The Kier molecular flexibility index (Phi) is 5.37. The fourth-order valence-electron chi connectivity index (χ4n) is 2.59. The number of carboxylic acids is 1. The lowest BCUT2D eigenvalue weighted by molar-refractivity contribution is -0.140. The second-order valence-electron chi connectivity index (χ2n) is 5.90. The number of amides is 3. The number of carboxylic acid groups (broad SMARTS) is 1. The van der Waals surface area contributed by atoms with E-state index in [1.807, 2.05) is 12.1 Å². The quantitative estimate of drug-likeness (QED) is 0.588. The standard InChI is InChI=1S/C20H15N3O5/c21-10-14-3-1-2-4-15(14)12-28-16-7-5-13(6-8-16)9-17-19(26)23(11-18(24)25)20(27)22-17/h1-9H,11-12H2,(H,22,27)(H,24,25)/b17-9+. The number of carbonyl (C=O) groups is 3. The van der Waals surface area contributed by atoms with Crippen LogP contribution in [0.3, 0.4) is 0 Å². The fraction of sp³-hybridized carbons (Fsp3) is 0.100. The van der Waals surface area contributed by atoms with Gasteiger partial charge in [-0.1, -0.05) is 30.3 Å². The van der Waals surface area contributed by atoms with E-state index in [2.05, 4.69) is 11.4 Å². The van der Waals surface area contributed by atoms with E-state index in [4.69, 9.17) is 15.1 Å². The Balaban J connectivity index is 1.67. The Morgan fingerprint density at radius 3 is 2.57 bits per heavy atom. The van der Waals surface area contributed by atoms with Gasteiger partial charge in [0, 0.05) is 5.56 Å². The molecule has 8 heteroatoms. The summed E-state index contributed by atoms with van der Waals surface area (Å²) in [5.74, 6) is -1.39. The van der Waals surface area contributed by atoms with Crippen molar-refractivity contribution in [1.82, 2.24) is 10.2 Å². The van der Waals surface area contributed by atoms with Crippen LogP contribution in [0.1, 0.15) is 16.7 Å². The van der Waals surface area contributed by atoms with Crippen molar-refractivity contribution in [3.05, 3.63) is 70.9 Å². The van der Waals surface area contributed by atoms with Crippen LogP contribution in [0.4, 0.5) is 4.79 Å². The third-order valence-corrected chi connectivity index (χ3v) is 3.98. The number of carbonyl (C=O) groups excluding carboxylic acids is 2. The SMILES string of the molecule is N#Cc1ccccc1COc1ccc(/C=C2/NC(=O)N(CC(=O)O)C2=O)cc1. The molecule has 0 atom stereocenters. The van der Waals surface area contributed by atoms with Gasteiger partial charge in [-0.25, -0.2) is 9.69 Å². The molecule has 1 aliphatic rings. The largest absolute Gasteiger partial charge is 0.489 e. The molecule has 0 aliphatic carbocycles. The van der Waals surface area contributed by atoms with E-state index in [1.54, 1.807) is 36.4 Å². The Bertz CT molecular complexity index is 1010. The Labute approximate surface area is 160 Å². The number of benzene rings is 2. The number of imide groups is 1. The zero-order valence-electron chi connectivity index (χ0n) is 14.6. The first-order chi connectivity index (χ1) is 13.5. The van der Waals surface area contributed by atoms with Crippen LogP contribution in [0.5, 0.6) is 5.75 Å². The normalized spacial score (nSPS) is 14.7. The predicted octanol–water partition coefficient (Wildman–Crippen LogP) is 2.11. The molecule has 2 aromatic rings. The van der Waals surface area contributed by atoms with Crippen molar-refractivity contribution in [2.24, 2.45) is 0 Å². The molecule has 0 saturated carbocycles. The number of ether oxygens (including phenoxy) is 1. The first-order valence-electron chi connectivity index (χ1n) is 8.25. The van der Waals surface area contributed by atoms with E-state index < -0.39 is 24.5 Å². The minimum atomic E-state index is -1.27. The lowest BCUT2D eigenvalue weighted by Gasteiger charge is -2.08. The van der Waals surface area contributed by atoms with Gasteiger partial charge < -0.3 is 15.2 Å². The first-order valence-corrected chi connectivity index (χ1v) is 8.25. The summed E-state index contributed by atoms with van der Waals surface area (Å²) in [5, 5.41) is 20.2. The highest BCUT2D eigenvalue weighted by atomic mass is 16.5. The molecule has 3 rings (SSSR count). The summed E-state index contributed by atoms with van der Waals surface area (Å²) in [4.78, 5) is 35.1. The van der Waals surface area contributed by atoms with E-state index in [-0.39, 0.29) is 12.3 Å². The Morgan fingerprint density at radius 1 is 1.18 bits per heavy atom. The molecule has 8 nitrogen and oxygen atoms in total. The van der Waals surface area contributed by atoms with E-state index in [0.717, 1.165) is 5.56 Å². The molecule has 0 aromatic heterocycles. The van der Waals surface area contributed by atoms with Crippen LogP contribution in [-0.4, -0.2) is 34.5 Å². The van der Waals surface area contributed by atoms with Crippen LogP contribution < -0.4 is 10.1 Å². The van der Waals surface area contributed by atoms with Crippen molar-refractivity contribution < 1.29 is 24.2 Å². The number of aliphatic carboxylic acids is 1. The highest BCUT2D eigenvalue weighted by Crippen LogP contribution is 2.19. The van der Waals surface area contributed by atoms with Crippen molar-refractivity contribution in [3.63, 3.8) is 0 Å². The highest BCUT2D eigenvalue weighted by Gasteiger charge is 2.34. The van der Waals surface area contributed by atoms with Crippen LogP contribution >= 0.6 is 0 Å². The molecule has 1 fully saturated rings. The minimum absolute atomic E-state index is 0.00265. The molecule has 2 aromatic carbocycles. The molecular formula is C20H15N3O5. The summed E-state index contributed by atoms with van der Waals surface area (Å²) in [6.07, 6.45) is 1.46. The monoisotopic (exact) mass is 377 g/mol. The number of hydrogen-bond acceptors (Lipinski definition) is 5. The molecule has 28 heavy (non-hydrogen) atoms. The van der Waals surface area contributed by atoms with E-state index in [0.29, 0.717) is 21.8 Å². The molecule has 0 spiro atoms. The Morgan fingerprint density at radius 2 is 1.89 bits per heavy atom. The van der Waals surface area contributed by atoms with Gasteiger partial charge in [0.05, 0.1) is 11.6 Å². The van der Waals surface area contributed by atoms with Gasteiger partial charge in [0.1, 0.15) is 24.6 Å². The summed E-state index contributed by atoms with van der Waals surface area (Å²) in [5.41, 5.74) is 1.95. The van der Waals surface area contributed by atoms with Crippen molar-refractivity contribution in [2.45, 2.75) is 6.61 Å². The average Bonchev–Trinajstić information content (AvgIpc) is 2.94. The van der Waals surface area contributed by atoms with Crippen LogP contribution in [0.15, 0.2) is 54.2 Å². The molecule has 0 radical (unpaired) electrons. The molecule has 1 aliphatic heterocycles. The molecule has 3 amide bonds. The maximum atomic E-state index is 12.1. The van der Waals surface area contributed by atoms with E-state index in [1.165, 1.54) is 6.08 Å². The summed E-state index contributed by atoms with van der Waals surface area (Å²) in [7, 11) is 0. The van der Waals surface area contributed by atoms with Crippen LogP contribution in [0, 0.1) is 11.3 Å². The summed E-state index contributed by atoms with van der Waals surface area (Å²) in [6, 6.07) is 15.3. The average molecular weight is 377 g/mol. The predicted molar refractivity (Wildman–Crippen MR) is 97.8 cm³/mol. The number of nitrogens with zero attached hydrogens (tertiary/aromatic N) is 2. The fourth-order valence-corrected chi connectivity index (χ4v) is 2.59. The summed E-state index contributed by atoms with van der Waals surface area (Å²) < 4.78 is 5.68. The van der Waals surface area contributed by atoms with Gasteiger partial charge in [-0.3, -0.25) is 9.59 Å². The van der Waals surface area contributed by atoms with Crippen LogP contribution in [-0.2, 0) is 16.2 Å². The second-order valence-corrected chi connectivity index (χ2v) is 5.90. The van der Waals surface area contributed by atoms with Gasteiger partial charge >= 0.3 is 12.0 Å². The minimum Gasteiger partial charge on any atom is -0.489 e. The van der Waals surface area contributed by atoms with Crippen molar-refractivity contribution in [3.8, 4) is 11.8 Å². The van der Waals surface area contributed by atoms with Crippen molar-refractivity contribution >= 4 is 24.0 Å². The molecule has 0 bridgehead atoms. The number of nitriles is 1. The maximum absolute atomic E-state index is 12.1. The van der Waals surface area contributed by atoms with Gasteiger partial charge in [-0.15, -0.1) is 0 Å². The number of urea groups is 1. The topological polar surface area (TPSA) is 120 Å². The maximum Gasteiger partial charge on any atom is 0.329 e. The number of nitrogens with one attached hydrogen (secondary N) is 1. The van der Waals surface area contributed by atoms with E-state index >= 15 is 0 Å². The first kappa shape index (κ1) is 18.7. The third-order valence-electron chi connectivity index (χ3n) is 3.98. The molecule has 1 saturated heterocycles. The number of rotatable bonds is 6. The molecule has 2 N–H and O–H groups in total. The molecule has 0 unspecified atom stereocenters. The zero-order chi connectivity index (χ0) is 20.1. The van der Waals surface area contributed by atoms with Crippen molar-refractivity contribution in [2.75, 3.05) is 6.54 Å². The van der Waals surface area contributed by atoms with Gasteiger partial charge in [0.25, 0.3) is 5.91 Å². The van der Waals surface area contributed by atoms with Crippen molar-refractivity contribution in [1.29, 1.82) is 5.26 Å². The van der Waals surface area contributed by atoms with Gasteiger partial charge in [-0.05, 0) is 29.8 Å². The van der Waals surface area contributed by atoms with Crippen LogP contribution in [0.2, 0.25) is 0 Å². The summed E-state index contributed by atoms with van der Waals surface area (Å²) in [6.45, 7) is -0.457. The molecule has 140 valence electrons. The zero-order valence-corrected chi connectivity index (χ0v) is 14.6. The smallest absolute Gasteiger partial charge is 0.329 e. The Hall–Kier alpha value is -4.12. The molecular weight excluding hydrogens is 362 g/mol. The second kappa shape index (κ2) is 8.05. The molecule has 1 heterocycles. The van der Waals surface area contributed by atoms with Gasteiger partial charge in [0.15, 0.2) is 0 Å². The summed E-state index contributed by atoms with van der Waals surface area (Å²) >= 11 is 0. The highest BCUT2D eigenvalue weighted by molar-refractivity contribution is 6.15. The lowest BCUT2D eigenvalue weighted by atomic mass is 10.1. The third kappa shape index (κ3) is 4.16.